The third-order valence-corrected chi connectivity index (χ3v) is 2.34. The van der Waals surface area contributed by atoms with Crippen LogP contribution in [0.25, 0.3) is 0 Å². The maximum Gasteiger partial charge on any atom is 0.311 e. The van der Waals surface area contributed by atoms with Gasteiger partial charge in [0, 0.05) is 19.5 Å². The highest BCUT2D eigenvalue weighted by Crippen LogP contribution is 2.19. The van der Waals surface area contributed by atoms with Crippen LogP contribution in [0.5, 0.6) is 0 Å². The standard InChI is InChI=1S/C9H18N2O3/c1-3-9(2,8(13)14)6-11-7(12)4-5-10/h3-6,10H2,1-2H3,(H,11,12)(H,13,14). The van der Waals surface area contributed by atoms with Gasteiger partial charge in [0.2, 0.25) is 5.91 Å². The SMILES string of the molecule is CCC(C)(CNC(=O)CCN)C(=O)O. The van der Waals surface area contributed by atoms with Crippen molar-refractivity contribution in [1.82, 2.24) is 5.32 Å². The molecule has 0 aromatic carbocycles. The van der Waals surface area contributed by atoms with Gasteiger partial charge in [-0.05, 0) is 13.3 Å². The molecule has 0 rings (SSSR count). The molecule has 0 aliphatic rings. The summed E-state index contributed by atoms with van der Waals surface area (Å²) in [5.74, 6) is -1.10. The van der Waals surface area contributed by atoms with Crippen LogP contribution >= 0.6 is 0 Å². The lowest BCUT2D eigenvalue weighted by Gasteiger charge is -2.23. The van der Waals surface area contributed by atoms with E-state index in [1.165, 1.54) is 0 Å². The van der Waals surface area contributed by atoms with E-state index in [9.17, 15) is 9.59 Å². The summed E-state index contributed by atoms with van der Waals surface area (Å²) in [4.78, 5) is 21.9. The van der Waals surface area contributed by atoms with Crippen LogP contribution in [0.4, 0.5) is 0 Å². The van der Waals surface area contributed by atoms with E-state index in [0.29, 0.717) is 6.42 Å². The minimum absolute atomic E-state index is 0.150. The molecule has 0 radical (unpaired) electrons. The highest BCUT2D eigenvalue weighted by molar-refractivity contribution is 5.78. The first kappa shape index (κ1) is 12.9. The van der Waals surface area contributed by atoms with E-state index in [0.717, 1.165) is 0 Å². The number of carbonyl (C=O) groups is 2. The van der Waals surface area contributed by atoms with Gasteiger partial charge in [0.1, 0.15) is 0 Å². The Balaban J connectivity index is 4.08. The van der Waals surface area contributed by atoms with Gasteiger partial charge in [-0.3, -0.25) is 9.59 Å². The Morgan fingerprint density at radius 2 is 2.07 bits per heavy atom. The molecule has 4 N–H and O–H groups in total. The van der Waals surface area contributed by atoms with Gasteiger partial charge >= 0.3 is 5.97 Å². The highest BCUT2D eigenvalue weighted by Gasteiger charge is 2.31. The van der Waals surface area contributed by atoms with Crippen molar-refractivity contribution in [2.24, 2.45) is 11.1 Å². The fourth-order valence-corrected chi connectivity index (χ4v) is 0.865. The topological polar surface area (TPSA) is 92.4 Å². The molecule has 0 aliphatic carbocycles. The summed E-state index contributed by atoms with van der Waals surface area (Å²) >= 11 is 0. The van der Waals surface area contributed by atoms with Crippen LogP contribution in [0.2, 0.25) is 0 Å². The van der Waals surface area contributed by atoms with Crippen molar-refractivity contribution in [2.75, 3.05) is 13.1 Å². The number of hydrogen-bond acceptors (Lipinski definition) is 3. The van der Waals surface area contributed by atoms with E-state index in [-0.39, 0.29) is 25.4 Å². The van der Waals surface area contributed by atoms with Crippen LogP contribution < -0.4 is 11.1 Å². The summed E-state index contributed by atoms with van der Waals surface area (Å²) < 4.78 is 0. The van der Waals surface area contributed by atoms with Gasteiger partial charge in [-0.15, -0.1) is 0 Å². The van der Waals surface area contributed by atoms with E-state index in [1.807, 2.05) is 0 Å². The number of carboxylic acids is 1. The van der Waals surface area contributed by atoms with Crippen molar-refractivity contribution in [3.8, 4) is 0 Å². The summed E-state index contributed by atoms with van der Waals surface area (Å²) in [7, 11) is 0. The van der Waals surface area contributed by atoms with Crippen LogP contribution in [0.3, 0.4) is 0 Å². The molecule has 0 aromatic heterocycles. The second-order valence-electron chi connectivity index (χ2n) is 3.53. The molecule has 0 saturated carbocycles. The Bertz CT molecular complexity index is 218. The fourth-order valence-electron chi connectivity index (χ4n) is 0.865. The Morgan fingerprint density at radius 3 is 2.43 bits per heavy atom. The molecule has 5 nitrogen and oxygen atoms in total. The number of nitrogens with two attached hydrogens (primary N) is 1. The van der Waals surface area contributed by atoms with Crippen molar-refractivity contribution in [1.29, 1.82) is 0 Å². The molecule has 82 valence electrons. The molecular formula is C9H18N2O3. The molecule has 1 atom stereocenters. The van der Waals surface area contributed by atoms with Crippen molar-refractivity contribution in [3.63, 3.8) is 0 Å². The molecule has 5 heteroatoms. The largest absolute Gasteiger partial charge is 0.481 e. The molecule has 1 unspecified atom stereocenters. The number of nitrogens with one attached hydrogen (secondary N) is 1. The summed E-state index contributed by atoms with van der Waals surface area (Å²) in [5, 5.41) is 11.5. The number of aliphatic carboxylic acids is 1. The molecule has 1 amide bonds. The van der Waals surface area contributed by atoms with Crippen LogP contribution in [0.1, 0.15) is 26.7 Å². The average Bonchev–Trinajstić information content (AvgIpc) is 2.14. The summed E-state index contributed by atoms with van der Waals surface area (Å²) in [5.41, 5.74) is 4.30. The predicted molar refractivity (Wildman–Crippen MR) is 52.7 cm³/mol. The van der Waals surface area contributed by atoms with E-state index >= 15 is 0 Å². The number of amides is 1. The first-order chi connectivity index (χ1) is 6.46. The number of rotatable bonds is 6. The van der Waals surface area contributed by atoms with Crippen LogP contribution in [0, 0.1) is 5.41 Å². The van der Waals surface area contributed by atoms with Gasteiger partial charge in [-0.1, -0.05) is 6.92 Å². The Morgan fingerprint density at radius 1 is 1.50 bits per heavy atom. The summed E-state index contributed by atoms with van der Waals surface area (Å²) in [6.07, 6.45) is 0.713. The highest BCUT2D eigenvalue weighted by atomic mass is 16.4. The van der Waals surface area contributed by atoms with Crippen molar-refractivity contribution in [2.45, 2.75) is 26.7 Å². The zero-order chi connectivity index (χ0) is 11.2. The van der Waals surface area contributed by atoms with Crippen molar-refractivity contribution in [3.05, 3.63) is 0 Å². The van der Waals surface area contributed by atoms with Crippen molar-refractivity contribution < 1.29 is 14.7 Å². The second kappa shape index (κ2) is 5.59. The molecule has 0 saturated heterocycles. The molecule has 0 spiro atoms. The molecule has 0 fully saturated rings. The Labute approximate surface area is 83.7 Å². The lowest BCUT2D eigenvalue weighted by Crippen LogP contribution is -2.41. The Hall–Kier alpha value is -1.10. The molecule has 0 bridgehead atoms. The van der Waals surface area contributed by atoms with Crippen molar-refractivity contribution >= 4 is 11.9 Å². The van der Waals surface area contributed by atoms with Gasteiger partial charge in [-0.2, -0.15) is 0 Å². The molecule has 0 heterocycles. The predicted octanol–water partition coefficient (Wildman–Crippen LogP) is -0.0477. The van der Waals surface area contributed by atoms with Gasteiger partial charge < -0.3 is 16.2 Å². The summed E-state index contributed by atoms with van der Waals surface area (Å²) in [6, 6.07) is 0. The van der Waals surface area contributed by atoms with Gasteiger partial charge in [-0.25, -0.2) is 0 Å². The number of carbonyl (C=O) groups excluding carboxylic acids is 1. The van der Waals surface area contributed by atoms with Gasteiger partial charge in [0.05, 0.1) is 5.41 Å². The van der Waals surface area contributed by atoms with E-state index < -0.39 is 11.4 Å². The minimum Gasteiger partial charge on any atom is -0.481 e. The minimum atomic E-state index is -0.895. The van der Waals surface area contributed by atoms with Gasteiger partial charge in [0.25, 0.3) is 0 Å². The van der Waals surface area contributed by atoms with Crippen LogP contribution in [-0.2, 0) is 9.59 Å². The van der Waals surface area contributed by atoms with E-state index in [2.05, 4.69) is 5.32 Å². The van der Waals surface area contributed by atoms with Gasteiger partial charge in [0.15, 0.2) is 0 Å². The molecular weight excluding hydrogens is 184 g/mol. The lowest BCUT2D eigenvalue weighted by molar-refractivity contribution is -0.148. The number of carboxylic acid groups (broad SMARTS) is 1. The molecule has 0 aliphatic heterocycles. The van der Waals surface area contributed by atoms with Crippen LogP contribution in [-0.4, -0.2) is 30.1 Å². The van der Waals surface area contributed by atoms with E-state index in [4.69, 9.17) is 10.8 Å². The molecule has 14 heavy (non-hydrogen) atoms. The number of hydrogen-bond donors (Lipinski definition) is 3. The normalized spacial score (nSPS) is 14.5. The van der Waals surface area contributed by atoms with Crippen LogP contribution in [0.15, 0.2) is 0 Å². The average molecular weight is 202 g/mol. The van der Waals surface area contributed by atoms with E-state index in [1.54, 1.807) is 13.8 Å². The monoisotopic (exact) mass is 202 g/mol. The second-order valence-corrected chi connectivity index (χ2v) is 3.53. The maximum absolute atomic E-state index is 11.0. The third kappa shape index (κ3) is 3.74. The zero-order valence-electron chi connectivity index (χ0n) is 8.67. The third-order valence-electron chi connectivity index (χ3n) is 2.34. The Kier molecular flexibility index (Phi) is 5.15. The zero-order valence-corrected chi connectivity index (χ0v) is 8.67. The summed E-state index contributed by atoms with van der Waals surface area (Å²) in [6.45, 7) is 3.82. The fraction of sp³-hybridized carbons (Fsp3) is 0.778. The lowest BCUT2D eigenvalue weighted by atomic mass is 9.88. The smallest absolute Gasteiger partial charge is 0.311 e. The first-order valence-corrected chi connectivity index (χ1v) is 4.66. The molecule has 0 aromatic rings. The quantitative estimate of drug-likeness (QED) is 0.563. The maximum atomic E-state index is 11.0. The first-order valence-electron chi connectivity index (χ1n) is 4.66.